The highest BCUT2D eigenvalue weighted by Gasteiger charge is 2.36. The number of aromatic nitrogens is 2. The molecule has 1 fully saturated rings. The Bertz CT molecular complexity index is 815. The molecular weight excluding hydrogens is 314 g/mol. The third kappa shape index (κ3) is 3.17. The second-order valence-electron chi connectivity index (χ2n) is 6.87. The third-order valence-corrected chi connectivity index (χ3v) is 5.04. The maximum absolute atomic E-state index is 12.7. The molecule has 2 aromatic rings. The van der Waals surface area contributed by atoms with Crippen molar-refractivity contribution in [2.24, 2.45) is 5.92 Å². The number of carbonyl (C=O) groups is 1. The number of hydrogen-bond donors (Lipinski definition) is 0. The van der Waals surface area contributed by atoms with Gasteiger partial charge in [-0.2, -0.15) is 10.4 Å². The van der Waals surface area contributed by atoms with Gasteiger partial charge < -0.3 is 4.74 Å². The van der Waals surface area contributed by atoms with Crippen LogP contribution in [-0.2, 0) is 17.6 Å². The van der Waals surface area contributed by atoms with Gasteiger partial charge in [-0.15, -0.1) is 0 Å². The van der Waals surface area contributed by atoms with Crippen LogP contribution in [0, 0.1) is 17.2 Å². The Hall–Kier alpha value is -2.61. The topological polar surface area (TPSA) is 67.9 Å². The Kier molecular flexibility index (Phi) is 4.27. The number of carbonyl (C=O) groups excluding carboxylic acids is 1. The summed E-state index contributed by atoms with van der Waals surface area (Å²) >= 11 is 0. The molecule has 1 aromatic heterocycles. The van der Waals surface area contributed by atoms with Crippen molar-refractivity contribution in [3.05, 3.63) is 47.3 Å². The van der Waals surface area contributed by atoms with E-state index in [9.17, 15) is 10.1 Å². The van der Waals surface area contributed by atoms with Crippen LogP contribution in [0.15, 0.2) is 30.3 Å². The number of para-hydroxylation sites is 1. The molecule has 0 radical (unpaired) electrons. The van der Waals surface area contributed by atoms with E-state index in [0.29, 0.717) is 5.69 Å². The largest absolute Gasteiger partial charge is 0.442 e. The lowest BCUT2D eigenvalue weighted by atomic mass is 10.1. The molecule has 4 rings (SSSR count). The number of ether oxygens (including phenoxy) is 1. The van der Waals surface area contributed by atoms with E-state index in [-0.39, 0.29) is 5.92 Å². The van der Waals surface area contributed by atoms with Crippen molar-refractivity contribution < 1.29 is 9.53 Å². The molecule has 2 aliphatic carbocycles. The number of fused-ring (bicyclic) bond motifs is 1. The first-order valence-corrected chi connectivity index (χ1v) is 9.04. The number of nitriles is 1. The molecule has 0 bridgehead atoms. The molecule has 0 unspecified atom stereocenters. The molecule has 128 valence electrons. The summed E-state index contributed by atoms with van der Waals surface area (Å²) in [4.78, 5) is 12.7. The highest BCUT2D eigenvalue weighted by Crippen LogP contribution is 2.35. The van der Waals surface area contributed by atoms with Crippen LogP contribution in [0.3, 0.4) is 0 Å². The molecule has 5 nitrogen and oxygen atoms in total. The van der Waals surface area contributed by atoms with Crippen LogP contribution in [-0.4, -0.2) is 21.9 Å². The van der Waals surface area contributed by atoms with Crippen molar-refractivity contribution in [1.29, 1.82) is 5.26 Å². The van der Waals surface area contributed by atoms with Gasteiger partial charge >= 0.3 is 5.97 Å². The summed E-state index contributed by atoms with van der Waals surface area (Å²) in [5.41, 5.74) is 3.45. The quantitative estimate of drug-likeness (QED) is 0.632. The molecule has 0 aliphatic heterocycles. The van der Waals surface area contributed by atoms with Crippen LogP contribution in [0.2, 0.25) is 0 Å². The zero-order valence-electron chi connectivity index (χ0n) is 14.1. The van der Waals surface area contributed by atoms with Crippen LogP contribution in [0.1, 0.15) is 53.8 Å². The van der Waals surface area contributed by atoms with Crippen molar-refractivity contribution in [2.45, 2.75) is 51.0 Å². The standard InChI is InChI=1S/C20H21N3O2/c21-13-18(14-11-12-14)25-20(24)19-16-9-5-2-6-10-17(16)23(22-19)15-7-3-1-4-8-15/h1,3-4,7-8,14,18H,2,5-6,9-12H2/t18-/m0/s1. The lowest BCUT2D eigenvalue weighted by Crippen LogP contribution is -2.20. The maximum atomic E-state index is 12.7. The molecule has 1 atom stereocenters. The predicted octanol–water partition coefficient (Wildman–Crippen LogP) is 3.60. The number of esters is 1. The van der Waals surface area contributed by atoms with Crippen LogP contribution in [0.4, 0.5) is 0 Å². The summed E-state index contributed by atoms with van der Waals surface area (Å²) in [5.74, 6) is -0.255. The summed E-state index contributed by atoms with van der Waals surface area (Å²) in [6, 6.07) is 12.0. The van der Waals surface area contributed by atoms with Gasteiger partial charge in [0.05, 0.1) is 5.69 Å². The van der Waals surface area contributed by atoms with Gasteiger partial charge in [-0.05, 0) is 50.7 Å². The fraction of sp³-hybridized carbons (Fsp3) is 0.450. The van der Waals surface area contributed by atoms with Gasteiger partial charge in [0, 0.05) is 17.2 Å². The average Bonchev–Trinajstić information content (AvgIpc) is 3.45. The van der Waals surface area contributed by atoms with Gasteiger partial charge in [0.15, 0.2) is 11.8 Å². The fourth-order valence-electron chi connectivity index (χ4n) is 3.52. The molecular formula is C20H21N3O2. The van der Waals surface area contributed by atoms with Gasteiger partial charge in [0.25, 0.3) is 0 Å². The van der Waals surface area contributed by atoms with Crippen LogP contribution >= 0.6 is 0 Å². The minimum absolute atomic E-state index is 0.198. The average molecular weight is 335 g/mol. The molecule has 1 heterocycles. The smallest absolute Gasteiger partial charge is 0.360 e. The third-order valence-electron chi connectivity index (χ3n) is 5.04. The van der Waals surface area contributed by atoms with Gasteiger partial charge in [-0.1, -0.05) is 24.6 Å². The predicted molar refractivity (Wildman–Crippen MR) is 92.4 cm³/mol. The van der Waals surface area contributed by atoms with Gasteiger partial charge in [-0.3, -0.25) is 0 Å². The zero-order chi connectivity index (χ0) is 17.2. The summed E-state index contributed by atoms with van der Waals surface area (Å²) < 4.78 is 7.37. The second-order valence-corrected chi connectivity index (χ2v) is 6.87. The summed E-state index contributed by atoms with van der Waals surface area (Å²) in [6.45, 7) is 0. The summed E-state index contributed by atoms with van der Waals surface area (Å²) in [6.07, 6.45) is 6.34. The van der Waals surface area contributed by atoms with Crippen LogP contribution in [0.5, 0.6) is 0 Å². The van der Waals surface area contributed by atoms with E-state index >= 15 is 0 Å². The Labute approximate surface area is 147 Å². The Morgan fingerprint density at radius 1 is 1.20 bits per heavy atom. The highest BCUT2D eigenvalue weighted by atomic mass is 16.5. The van der Waals surface area contributed by atoms with E-state index in [1.54, 1.807) is 0 Å². The van der Waals surface area contributed by atoms with E-state index in [0.717, 1.165) is 61.9 Å². The Morgan fingerprint density at radius 3 is 2.68 bits per heavy atom. The van der Waals surface area contributed by atoms with Crippen molar-refractivity contribution >= 4 is 5.97 Å². The highest BCUT2D eigenvalue weighted by molar-refractivity contribution is 5.89. The lowest BCUT2D eigenvalue weighted by Gasteiger charge is -2.09. The van der Waals surface area contributed by atoms with Crippen LogP contribution in [0.25, 0.3) is 5.69 Å². The first-order valence-electron chi connectivity index (χ1n) is 9.04. The molecule has 1 saturated carbocycles. The van der Waals surface area contributed by atoms with Crippen molar-refractivity contribution in [1.82, 2.24) is 9.78 Å². The van der Waals surface area contributed by atoms with Gasteiger partial charge in [0.1, 0.15) is 6.07 Å². The van der Waals surface area contributed by atoms with E-state index in [4.69, 9.17) is 4.74 Å². The minimum atomic E-state index is -0.643. The second kappa shape index (κ2) is 6.72. The molecule has 0 saturated heterocycles. The Morgan fingerprint density at radius 2 is 1.96 bits per heavy atom. The summed E-state index contributed by atoms with van der Waals surface area (Å²) in [7, 11) is 0. The monoisotopic (exact) mass is 335 g/mol. The molecule has 2 aliphatic rings. The van der Waals surface area contributed by atoms with Crippen molar-refractivity contribution in [3.63, 3.8) is 0 Å². The SMILES string of the molecule is N#C[C@H](OC(=O)c1nn(-c2ccccc2)c2c1CCCCC2)C1CC1. The van der Waals surface area contributed by atoms with Gasteiger partial charge in [0.2, 0.25) is 0 Å². The number of benzene rings is 1. The molecule has 0 amide bonds. The van der Waals surface area contributed by atoms with E-state index < -0.39 is 12.1 Å². The van der Waals surface area contributed by atoms with E-state index in [1.807, 2.05) is 35.0 Å². The van der Waals surface area contributed by atoms with Crippen molar-refractivity contribution in [3.8, 4) is 11.8 Å². The van der Waals surface area contributed by atoms with E-state index in [2.05, 4.69) is 11.2 Å². The maximum Gasteiger partial charge on any atom is 0.360 e. The number of nitrogens with zero attached hydrogens (tertiary/aromatic N) is 3. The normalized spacial score (nSPS) is 17.9. The molecule has 5 heteroatoms. The number of rotatable bonds is 4. The molecule has 1 aromatic carbocycles. The fourth-order valence-corrected chi connectivity index (χ4v) is 3.52. The first-order chi connectivity index (χ1) is 12.3. The zero-order valence-corrected chi connectivity index (χ0v) is 14.1. The molecule has 0 N–H and O–H groups in total. The van der Waals surface area contributed by atoms with E-state index in [1.165, 1.54) is 0 Å². The molecule has 0 spiro atoms. The van der Waals surface area contributed by atoms with Crippen molar-refractivity contribution in [2.75, 3.05) is 0 Å². The molecule has 25 heavy (non-hydrogen) atoms. The van der Waals surface area contributed by atoms with Crippen LogP contribution < -0.4 is 0 Å². The first kappa shape index (κ1) is 15.9. The lowest BCUT2D eigenvalue weighted by molar-refractivity contribution is 0.0361. The minimum Gasteiger partial charge on any atom is -0.442 e. The number of hydrogen-bond acceptors (Lipinski definition) is 4. The summed E-state index contributed by atoms with van der Waals surface area (Å²) in [5, 5.41) is 13.8. The Balaban J connectivity index is 1.71. The van der Waals surface area contributed by atoms with Gasteiger partial charge in [-0.25, -0.2) is 9.48 Å².